The Morgan fingerprint density at radius 1 is 1.05 bits per heavy atom. The molecule has 0 spiro atoms. The van der Waals surface area contributed by atoms with Crippen molar-refractivity contribution in [1.29, 1.82) is 0 Å². The monoisotopic (exact) mass is 257 g/mol. The largest absolute Gasteiger partial charge is 0.384 e. The van der Waals surface area contributed by atoms with Crippen molar-refractivity contribution in [2.75, 3.05) is 17.7 Å². The molecule has 5 rings (SSSR count). The van der Waals surface area contributed by atoms with Gasteiger partial charge in [0.1, 0.15) is 5.82 Å². The number of aromatic nitrogens is 1. The van der Waals surface area contributed by atoms with E-state index in [-0.39, 0.29) is 0 Å². The topological polar surface area (TPSA) is 42.1 Å². The molecule has 3 heteroatoms. The van der Waals surface area contributed by atoms with Gasteiger partial charge in [-0.2, -0.15) is 0 Å². The fourth-order valence-electron chi connectivity index (χ4n) is 5.31. The molecule has 0 atom stereocenters. The van der Waals surface area contributed by atoms with Crippen LogP contribution in [0.1, 0.15) is 32.1 Å². The summed E-state index contributed by atoms with van der Waals surface area (Å²) in [4.78, 5) is 6.73. The van der Waals surface area contributed by atoms with Crippen molar-refractivity contribution in [3.8, 4) is 0 Å². The fourth-order valence-corrected chi connectivity index (χ4v) is 5.31. The molecule has 102 valence electrons. The van der Waals surface area contributed by atoms with Crippen molar-refractivity contribution >= 4 is 11.5 Å². The van der Waals surface area contributed by atoms with E-state index in [1.807, 2.05) is 12.3 Å². The standard InChI is InChI=1S/C16H23N3/c1-19(14-2-3-15(17)18-9-14)16-12-5-10-4-11(7-12)8-13(16)6-10/h2-3,9-13,16H,4-8H2,1H3,(H2,17,18). The zero-order valence-electron chi connectivity index (χ0n) is 11.6. The van der Waals surface area contributed by atoms with E-state index in [9.17, 15) is 0 Å². The highest BCUT2D eigenvalue weighted by molar-refractivity contribution is 5.48. The van der Waals surface area contributed by atoms with Gasteiger partial charge in [-0.05, 0) is 67.9 Å². The summed E-state index contributed by atoms with van der Waals surface area (Å²) in [6.45, 7) is 0. The highest BCUT2D eigenvalue weighted by Crippen LogP contribution is 2.55. The molecule has 1 aromatic rings. The molecular weight excluding hydrogens is 234 g/mol. The van der Waals surface area contributed by atoms with E-state index in [4.69, 9.17) is 5.73 Å². The summed E-state index contributed by atoms with van der Waals surface area (Å²) in [5.74, 6) is 4.52. The maximum atomic E-state index is 5.69. The van der Waals surface area contributed by atoms with Crippen molar-refractivity contribution in [3.63, 3.8) is 0 Å². The molecule has 4 fully saturated rings. The summed E-state index contributed by atoms with van der Waals surface area (Å²) in [6.07, 6.45) is 9.30. The Bertz CT molecular complexity index is 439. The van der Waals surface area contributed by atoms with Gasteiger partial charge >= 0.3 is 0 Å². The first-order valence-electron chi connectivity index (χ1n) is 7.65. The molecule has 0 saturated heterocycles. The number of pyridine rings is 1. The minimum Gasteiger partial charge on any atom is -0.384 e. The van der Waals surface area contributed by atoms with Crippen molar-refractivity contribution in [3.05, 3.63) is 18.3 Å². The molecule has 4 aliphatic rings. The van der Waals surface area contributed by atoms with Gasteiger partial charge in [0.2, 0.25) is 0 Å². The molecule has 4 bridgehead atoms. The second-order valence-electron chi connectivity index (χ2n) is 6.97. The van der Waals surface area contributed by atoms with Crippen LogP contribution < -0.4 is 10.6 Å². The molecule has 0 aliphatic heterocycles. The first-order chi connectivity index (χ1) is 9.20. The molecule has 4 aliphatic carbocycles. The second-order valence-corrected chi connectivity index (χ2v) is 6.97. The van der Waals surface area contributed by atoms with Gasteiger partial charge in [-0.3, -0.25) is 0 Å². The SMILES string of the molecule is CN(c1ccc(N)nc1)C1C2CC3CC(C2)CC1C3. The molecule has 2 N–H and O–H groups in total. The lowest BCUT2D eigenvalue weighted by molar-refractivity contribution is -0.00123. The maximum absolute atomic E-state index is 5.69. The normalized spacial score (nSPS) is 39.5. The fraction of sp³-hybridized carbons (Fsp3) is 0.688. The van der Waals surface area contributed by atoms with Gasteiger partial charge in [0.05, 0.1) is 11.9 Å². The molecule has 1 aromatic heterocycles. The number of nitrogens with zero attached hydrogens (tertiary/aromatic N) is 2. The maximum Gasteiger partial charge on any atom is 0.123 e. The third-order valence-electron chi connectivity index (χ3n) is 5.80. The Labute approximate surface area is 115 Å². The van der Waals surface area contributed by atoms with E-state index in [2.05, 4.69) is 23.0 Å². The summed E-state index contributed by atoms with van der Waals surface area (Å²) in [7, 11) is 2.25. The lowest BCUT2D eigenvalue weighted by atomic mass is 9.54. The van der Waals surface area contributed by atoms with Crippen LogP contribution in [0.25, 0.3) is 0 Å². The van der Waals surface area contributed by atoms with Crippen LogP contribution in [-0.2, 0) is 0 Å². The second kappa shape index (κ2) is 4.12. The van der Waals surface area contributed by atoms with Crippen LogP contribution in [-0.4, -0.2) is 18.1 Å². The van der Waals surface area contributed by atoms with Crippen LogP contribution >= 0.6 is 0 Å². The van der Waals surface area contributed by atoms with Crippen molar-refractivity contribution in [2.24, 2.45) is 23.7 Å². The molecule has 3 nitrogen and oxygen atoms in total. The molecular formula is C16H23N3. The van der Waals surface area contributed by atoms with Crippen molar-refractivity contribution < 1.29 is 0 Å². The van der Waals surface area contributed by atoms with Gasteiger partial charge in [0.25, 0.3) is 0 Å². The molecule has 0 unspecified atom stereocenters. The number of hydrogen-bond donors (Lipinski definition) is 1. The van der Waals surface area contributed by atoms with Crippen molar-refractivity contribution in [1.82, 2.24) is 4.98 Å². The van der Waals surface area contributed by atoms with Crippen LogP contribution in [0.3, 0.4) is 0 Å². The number of hydrogen-bond acceptors (Lipinski definition) is 3. The molecule has 0 amide bonds. The average molecular weight is 257 g/mol. The zero-order valence-corrected chi connectivity index (χ0v) is 11.6. The molecule has 4 saturated carbocycles. The highest BCUT2D eigenvalue weighted by atomic mass is 15.2. The molecule has 1 heterocycles. The van der Waals surface area contributed by atoms with E-state index in [0.717, 1.165) is 29.7 Å². The Balaban J connectivity index is 1.60. The molecule has 0 radical (unpaired) electrons. The van der Waals surface area contributed by atoms with Crippen LogP contribution in [0.15, 0.2) is 18.3 Å². The molecule has 19 heavy (non-hydrogen) atoms. The molecule has 0 aromatic carbocycles. The van der Waals surface area contributed by atoms with Gasteiger partial charge in [-0.15, -0.1) is 0 Å². The smallest absolute Gasteiger partial charge is 0.123 e. The van der Waals surface area contributed by atoms with Gasteiger partial charge in [-0.1, -0.05) is 0 Å². The van der Waals surface area contributed by atoms with Crippen LogP contribution in [0.4, 0.5) is 11.5 Å². The van der Waals surface area contributed by atoms with Crippen LogP contribution in [0, 0.1) is 23.7 Å². The van der Waals surface area contributed by atoms with Gasteiger partial charge in [-0.25, -0.2) is 4.98 Å². The Morgan fingerprint density at radius 2 is 1.68 bits per heavy atom. The predicted molar refractivity (Wildman–Crippen MR) is 77.9 cm³/mol. The van der Waals surface area contributed by atoms with Gasteiger partial charge in [0.15, 0.2) is 0 Å². The number of rotatable bonds is 2. The van der Waals surface area contributed by atoms with Gasteiger partial charge in [0, 0.05) is 13.1 Å². The van der Waals surface area contributed by atoms with E-state index < -0.39 is 0 Å². The summed E-state index contributed by atoms with van der Waals surface area (Å²) in [5, 5.41) is 0. The summed E-state index contributed by atoms with van der Waals surface area (Å²) in [6, 6.07) is 4.77. The lowest BCUT2D eigenvalue weighted by Crippen LogP contribution is -2.55. The first-order valence-corrected chi connectivity index (χ1v) is 7.65. The highest BCUT2D eigenvalue weighted by Gasteiger charge is 2.49. The minimum atomic E-state index is 0.613. The lowest BCUT2D eigenvalue weighted by Gasteiger charge is -2.57. The Kier molecular flexibility index (Phi) is 2.51. The summed E-state index contributed by atoms with van der Waals surface area (Å²) < 4.78 is 0. The quantitative estimate of drug-likeness (QED) is 0.885. The predicted octanol–water partition coefficient (Wildman–Crippen LogP) is 2.92. The number of nitrogen functional groups attached to an aromatic ring is 1. The summed E-state index contributed by atoms with van der Waals surface area (Å²) in [5.41, 5.74) is 6.92. The Hall–Kier alpha value is -1.25. The minimum absolute atomic E-state index is 0.613. The summed E-state index contributed by atoms with van der Waals surface area (Å²) >= 11 is 0. The first kappa shape index (κ1) is 11.6. The van der Waals surface area contributed by atoms with E-state index in [1.165, 1.54) is 37.8 Å². The van der Waals surface area contributed by atoms with Crippen LogP contribution in [0.2, 0.25) is 0 Å². The average Bonchev–Trinajstić information content (AvgIpc) is 2.38. The number of anilines is 2. The zero-order chi connectivity index (χ0) is 13.0. The Morgan fingerprint density at radius 3 is 2.21 bits per heavy atom. The third-order valence-corrected chi connectivity index (χ3v) is 5.80. The van der Waals surface area contributed by atoms with Crippen molar-refractivity contribution in [2.45, 2.75) is 38.1 Å². The van der Waals surface area contributed by atoms with E-state index >= 15 is 0 Å². The number of nitrogens with two attached hydrogens (primary N) is 1. The van der Waals surface area contributed by atoms with E-state index in [0.29, 0.717) is 5.82 Å². The van der Waals surface area contributed by atoms with E-state index in [1.54, 1.807) is 0 Å². The third kappa shape index (κ3) is 1.82. The van der Waals surface area contributed by atoms with Gasteiger partial charge < -0.3 is 10.6 Å². The van der Waals surface area contributed by atoms with Crippen LogP contribution in [0.5, 0.6) is 0 Å².